The van der Waals surface area contributed by atoms with Crippen LogP contribution >= 0.6 is 0 Å². The molecule has 0 unspecified atom stereocenters. The largest absolute Gasteiger partial charge is 0.396 e. The van der Waals surface area contributed by atoms with Gasteiger partial charge in [0.25, 0.3) is 0 Å². The van der Waals surface area contributed by atoms with Crippen LogP contribution in [0, 0.1) is 10.8 Å². The van der Waals surface area contributed by atoms with Gasteiger partial charge >= 0.3 is 0 Å². The molecule has 0 aliphatic carbocycles. The van der Waals surface area contributed by atoms with E-state index < -0.39 is 10.8 Å². The van der Waals surface area contributed by atoms with Crippen LogP contribution in [0.3, 0.4) is 0 Å². The van der Waals surface area contributed by atoms with Gasteiger partial charge in [0, 0.05) is 44.4 Å². The van der Waals surface area contributed by atoms with E-state index in [2.05, 4.69) is 4.99 Å². The van der Waals surface area contributed by atoms with Gasteiger partial charge in [0.1, 0.15) is 0 Å². The summed E-state index contributed by atoms with van der Waals surface area (Å²) in [7, 11) is 0. The van der Waals surface area contributed by atoms with Crippen molar-refractivity contribution in [1.29, 1.82) is 0 Å². The van der Waals surface area contributed by atoms with Crippen LogP contribution in [0.15, 0.2) is 4.99 Å². The molecule has 0 aliphatic heterocycles. The van der Waals surface area contributed by atoms with E-state index in [0.717, 1.165) is 0 Å². The van der Waals surface area contributed by atoms with E-state index in [4.69, 9.17) is 22.9 Å². The predicted octanol–water partition coefficient (Wildman–Crippen LogP) is -3.15. The Bertz CT molecular complexity index is 210. The number of hydrogen-bond donors (Lipinski definition) is 6. The Morgan fingerprint density at radius 1 is 0.882 bits per heavy atom. The lowest BCUT2D eigenvalue weighted by Gasteiger charge is -2.28. The van der Waals surface area contributed by atoms with Crippen molar-refractivity contribution in [3.63, 3.8) is 0 Å². The van der Waals surface area contributed by atoms with Crippen molar-refractivity contribution in [1.82, 2.24) is 0 Å². The highest BCUT2D eigenvalue weighted by Crippen LogP contribution is 2.14. The van der Waals surface area contributed by atoms with Gasteiger partial charge in [0.15, 0.2) is 0 Å². The maximum absolute atomic E-state index is 9.24. The van der Waals surface area contributed by atoms with Crippen LogP contribution in [0.2, 0.25) is 0 Å². The Hall–Kier alpha value is -0.570. The van der Waals surface area contributed by atoms with Crippen molar-refractivity contribution in [2.45, 2.75) is 0 Å². The fraction of sp³-hybridized carbons (Fsp3) is 0.900. The maximum atomic E-state index is 9.24. The Labute approximate surface area is 102 Å². The molecule has 0 aliphatic rings. The Balaban J connectivity index is 4.61. The Kier molecular flexibility index (Phi) is 7.44. The van der Waals surface area contributed by atoms with Crippen molar-refractivity contribution in [2.75, 3.05) is 45.9 Å². The first-order valence-electron chi connectivity index (χ1n) is 5.60. The maximum Gasteiger partial charge on any atom is 0.0561 e. The van der Waals surface area contributed by atoms with Gasteiger partial charge in [-0.25, -0.2) is 0 Å². The second-order valence-electron chi connectivity index (χ2n) is 4.46. The van der Waals surface area contributed by atoms with Crippen LogP contribution < -0.4 is 22.9 Å². The Morgan fingerprint density at radius 2 is 1.41 bits per heavy atom. The topological polar surface area (TPSA) is 157 Å². The van der Waals surface area contributed by atoms with E-state index in [1.807, 2.05) is 0 Å². The smallest absolute Gasteiger partial charge is 0.0561 e. The zero-order chi connectivity index (χ0) is 13.4. The summed E-state index contributed by atoms with van der Waals surface area (Å²) < 4.78 is 0. The third-order valence-corrected chi connectivity index (χ3v) is 3.12. The molecule has 0 rings (SSSR count). The van der Waals surface area contributed by atoms with Crippen LogP contribution in [0.4, 0.5) is 0 Å². The van der Waals surface area contributed by atoms with E-state index in [9.17, 15) is 10.2 Å². The lowest BCUT2D eigenvalue weighted by molar-refractivity contribution is 0.146. The number of nitrogens with zero attached hydrogens (tertiary/aromatic N) is 1. The summed E-state index contributed by atoms with van der Waals surface area (Å²) >= 11 is 0. The predicted molar refractivity (Wildman–Crippen MR) is 68.6 cm³/mol. The summed E-state index contributed by atoms with van der Waals surface area (Å²) in [6, 6.07) is 0. The molecule has 0 aromatic carbocycles. The van der Waals surface area contributed by atoms with Crippen molar-refractivity contribution in [2.24, 2.45) is 38.8 Å². The van der Waals surface area contributed by atoms with Gasteiger partial charge < -0.3 is 33.1 Å². The zero-order valence-corrected chi connectivity index (χ0v) is 10.2. The van der Waals surface area contributed by atoms with Crippen molar-refractivity contribution < 1.29 is 10.2 Å². The van der Waals surface area contributed by atoms with Gasteiger partial charge in [-0.1, -0.05) is 0 Å². The first-order valence-corrected chi connectivity index (χ1v) is 5.60. The first kappa shape index (κ1) is 16.4. The number of rotatable bonds is 9. The molecule has 102 valence electrons. The molecule has 10 N–H and O–H groups in total. The van der Waals surface area contributed by atoms with Crippen molar-refractivity contribution >= 4 is 6.21 Å². The number of aliphatic imine (C=N–C) groups is 1. The summed E-state index contributed by atoms with van der Waals surface area (Å²) in [6.07, 6.45) is 1.54. The molecule has 0 saturated carbocycles. The lowest BCUT2D eigenvalue weighted by atomic mass is 9.88. The van der Waals surface area contributed by atoms with Crippen LogP contribution in [-0.2, 0) is 0 Å². The summed E-state index contributed by atoms with van der Waals surface area (Å²) in [5, 5.41) is 18.5. The number of hydrogen-bond acceptors (Lipinski definition) is 7. The van der Waals surface area contributed by atoms with E-state index in [1.54, 1.807) is 6.21 Å². The highest BCUT2D eigenvalue weighted by Gasteiger charge is 2.27. The van der Waals surface area contributed by atoms with Crippen molar-refractivity contribution in [3.8, 4) is 0 Å². The molecule has 0 bridgehead atoms. The molecule has 0 spiro atoms. The minimum Gasteiger partial charge on any atom is -0.396 e. The fourth-order valence-corrected chi connectivity index (χ4v) is 1.18. The SMILES string of the molecule is NCC(C=NCC(CN)(CN)CO)(CN)CO. The van der Waals surface area contributed by atoms with Crippen molar-refractivity contribution in [3.05, 3.63) is 0 Å². The first-order chi connectivity index (χ1) is 8.07. The average Bonchev–Trinajstić information content (AvgIpc) is 2.41. The van der Waals surface area contributed by atoms with E-state index in [-0.39, 0.29) is 45.9 Å². The average molecular weight is 247 g/mol. The normalized spacial score (nSPS) is 13.5. The van der Waals surface area contributed by atoms with Gasteiger partial charge in [-0.15, -0.1) is 0 Å². The highest BCUT2D eigenvalue weighted by atomic mass is 16.3. The standard InChI is InChI=1S/C10H25N5O2/c11-1-9(2-12,7-16)5-15-6-10(3-13,4-14)8-17/h5,16-17H,1-4,6-8,11-14H2. The van der Waals surface area contributed by atoms with Gasteiger partial charge in [-0.2, -0.15) is 0 Å². The van der Waals surface area contributed by atoms with Gasteiger partial charge in [0.05, 0.1) is 18.6 Å². The lowest BCUT2D eigenvalue weighted by Crippen LogP contribution is -2.45. The third-order valence-electron chi connectivity index (χ3n) is 3.12. The third kappa shape index (κ3) is 4.30. The van der Waals surface area contributed by atoms with Crippen LogP contribution in [0.5, 0.6) is 0 Å². The minimum absolute atomic E-state index is 0.130. The summed E-state index contributed by atoms with van der Waals surface area (Å²) in [4.78, 5) is 4.18. The molecular weight excluding hydrogens is 222 g/mol. The van der Waals surface area contributed by atoms with Crippen LogP contribution in [0.1, 0.15) is 0 Å². The molecule has 0 aromatic heterocycles. The molecule has 0 heterocycles. The summed E-state index contributed by atoms with van der Waals surface area (Å²) in [6.45, 7) is 0.902. The van der Waals surface area contributed by atoms with Gasteiger partial charge in [-0.05, 0) is 0 Å². The van der Waals surface area contributed by atoms with E-state index >= 15 is 0 Å². The zero-order valence-electron chi connectivity index (χ0n) is 10.2. The number of nitrogens with two attached hydrogens (primary N) is 4. The molecule has 17 heavy (non-hydrogen) atoms. The molecule has 0 saturated heterocycles. The monoisotopic (exact) mass is 247 g/mol. The number of aliphatic hydroxyl groups is 2. The van der Waals surface area contributed by atoms with Gasteiger partial charge in [-0.3, -0.25) is 4.99 Å². The molecular formula is C10H25N5O2. The second-order valence-corrected chi connectivity index (χ2v) is 4.46. The number of aliphatic hydroxyl groups excluding tert-OH is 2. The molecule has 0 fully saturated rings. The molecule has 0 radical (unpaired) electrons. The molecule has 0 amide bonds. The summed E-state index contributed by atoms with van der Waals surface area (Å²) in [5.74, 6) is 0. The Morgan fingerprint density at radius 3 is 1.71 bits per heavy atom. The molecule has 7 heteroatoms. The fourth-order valence-electron chi connectivity index (χ4n) is 1.18. The van der Waals surface area contributed by atoms with E-state index in [0.29, 0.717) is 0 Å². The summed E-state index contributed by atoms with van der Waals surface area (Å²) in [5.41, 5.74) is 20.9. The second kappa shape index (κ2) is 7.70. The quantitative estimate of drug-likeness (QED) is 0.236. The van der Waals surface area contributed by atoms with E-state index in [1.165, 1.54) is 0 Å². The van der Waals surface area contributed by atoms with Gasteiger partial charge in [0.2, 0.25) is 0 Å². The van der Waals surface area contributed by atoms with Crippen LogP contribution in [0.25, 0.3) is 0 Å². The molecule has 0 aromatic rings. The highest BCUT2D eigenvalue weighted by molar-refractivity contribution is 5.66. The van der Waals surface area contributed by atoms with Crippen LogP contribution in [-0.4, -0.2) is 62.4 Å². The molecule has 0 atom stereocenters. The minimum atomic E-state index is -0.704. The molecule has 7 nitrogen and oxygen atoms in total.